The molecule has 5 aromatic rings. The number of aliphatic carboxylic acids is 1. The number of halogens is 2. The number of benzene rings is 2. The third-order valence-electron chi connectivity index (χ3n) is 8.39. The maximum absolute atomic E-state index is 15.4. The predicted molar refractivity (Wildman–Crippen MR) is 152 cm³/mol. The molecule has 2 aliphatic rings. The summed E-state index contributed by atoms with van der Waals surface area (Å²) in [7, 11) is 0. The summed E-state index contributed by atoms with van der Waals surface area (Å²) in [4.78, 5) is 39.8. The number of amides is 1. The summed E-state index contributed by atoms with van der Waals surface area (Å²) >= 11 is 0. The Morgan fingerprint density at radius 3 is 2.51 bits per heavy atom. The van der Waals surface area contributed by atoms with E-state index in [4.69, 9.17) is 0 Å². The van der Waals surface area contributed by atoms with E-state index in [2.05, 4.69) is 20.1 Å². The van der Waals surface area contributed by atoms with Crippen LogP contribution in [0, 0.1) is 18.7 Å². The molecule has 4 atom stereocenters. The SMILES string of the molecule is Cc1cc(-c2cc(C(=O)N3C[C@@H](F)c4ccccc4[C@H]3C)nc3cc(-c4ccc([C@H]5C[C@@H]5C(=O)O)cc4F)nn23)ncn1. The molecular weight excluding hydrogens is 554 g/mol. The zero-order valence-electron chi connectivity index (χ0n) is 23.3. The molecule has 1 fully saturated rings. The molecule has 0 unspecified atom stereocenters. The summed E-state index contributed by atoms with van der Waals surface area (Å²) in [5.41, 5.74) is 4.41. The molecule has 1 aliphatic carbocycles. The van der Waals surface area contributed by atoms with E-state index in [9.17, 15) is 14.7 Å². The molecule has 9 nitrogen and oxygen atoms in total. The number of hydrogen-bond acceptors (Lipinski definition) is 6. The van der Waals surface area contributed by atoms with Gasteiger partial charge in [0.1, 0.15) is 24.0 Å². The lowest BCUT2D eigenvalue weighted by molar-refractivity contribution is -0.138. The van der Waals surface area contributed by atoms with Crippen LogP contribution >= 0.6 is 0 Å². The lowest BCUT2D eigenvalue weighted by atomic mass is 9.92. The van der Waals surface area contributed by atoms with Gasteiger partial charge in [-0.3, -0.25) is 9.59 Å². The second-order valence-corrected chi connectivity index (χ2v) is 11.1. The number of carboxylic acids is 1. The van der Waals surface area contributed by atoms with Gasteiger partial charge in [0.15, 0.2) is 5.65 Å². The summed E-state index contributed by atoms with van der Waals surface area (Å²) in [6.45, 7) is 3.56. The first-order chi connectivity index (χ1) is 20.7. The molecule has 11 heteroatoms. The van der Waals surface area contributed by atoms with Gasteiger partial charge in [-0.15, -0.1) is 0 Å². The van der Waals surface area contributed by atoms with E-state index in [1.165, 1.54) is 21.8 Å². The van der Waals surface area contributed by atoms with Crippen LogP contribution in [0.25, 0.3) is 28.3 Å². The van der Waals surface area contributed by atoms with Gasteiger partial charge >= 0.3 is 5.97 Å². The third-order valence-corrected chi connectivity index (χ3v) is 8.39. The van der Waals surface area contributed by atoms with Gasteiger partial charge in [0, 0.05) is 17.3 Å². The van der Waals surface area contributed by atoms with Gasteiger partial charge in [-0.2, -0.15) is 5.10 Å². The molecule has 1 amide bonds. The van der Waals surface area contributed by atoms with E-state index in [-0.39, 0.29) is 41.1 Å². The highest BCUT2D eigenvalue weighted by Crippen LogP contribution is 2.48. The second kappa shape index (κ2) is 10.0. The van der Waals surface area contributed by atoms with Gasteiger partial charge in [0.05, 0.1) is 35.6 Å². The molecule has 0 bridgehead atoms. The molecular formula is C32H26F2N6O3. The summed E-state index contributed by atoms with van der Waals surface area (Å²) in [6, 6.07) is 16.3. The number of hydrogen-bond donors (Lipinski definition) is 1. The van der Waals surface area contributed by atoms with Gasteiger partial charge in [-0.05, 0) is 67.1 Å². The van der Waals surface area contributed by atoms with Crippen molar-refractivity contribution in [1.82, 2.24) is 29.5 Å². The van der Waals surface area contributed by atoms with Crippen molar-refractivity contribution in [2.24, 2.45) is 5.92 Å². The molecule has 3 aromatic heterocycles. The van der Waals surface area contributed by atoms with Crippen LogP contribution < -0.4 is 0 Å². The fourth-order valence-corrected chi connectivity index (χ4v) is 5.98. The van der Waals surface area contributed by atoms with Gasteiger partial charge in [-0.1, -0.05) is 30.3 Å². The molecule has 216 valence electrons. The number of aromatic nitrogens is 5. The molecule has 0 spiro atoms. The number of alkyl halides is 1. The number of carbonyl (C=O) groups excluding carboxylic acids is 1. The van der Waals surface area contributed by atoms with Crippen LogP contribution in [0.4, 0.5) is 8.78 Å². The summed E-state index contributed by atoms with van der Waals surface area (Å²) < 4.78 is 32.0. The molecule has 0 radical (unpaired) electrons. The minimum absolute atomic E-state index is 0.0768. The fraction of sp³-hybridized carbons (Fsp3) is 0.250. The Morgan fingerprint density at radius 2 is 1.79 bits per heavy atom. The lowest BCUT2D eigenvalue weighted by Crippen LogP contribution is -2.40. The van der Waals surface area contributed by atoms with Crippen molar-refractivity contribution in [2.45, 2.75) is 38.4 Å². The molecule has 4 heterocycles. The Morgan fingerprint density at radius 1 is 1.00 bits per heavy atom. The Labute approximate surface area is 244 Å². The monoisotopic (exact) mass is 580 g/mol. The van der Waals surface area contributed by atoms with Crippen LogP contribution in [0.5, 0.6) is 0 Å². The first-order valence-corrected chi connectivity index (χ1v) is 14.0. The van der Waals surface area contributed by atoms with Gasteiger partial charge in [0.25, 0.3) is 5.91 Å². The third kappa shape index (κ3) is 4.61. The second-order valence-electron chi connectivity index (χ2n) is 11.1. The minimum Gasteiger partial charge on any atom is -0.481 e. The summed E-state index contributed by atoms with van der Waals surface area (Å²) in [5, 5.41) is 13.9. The van der Waals surface area contributed by atoms with Crippen LogP contribution in [0.3, 0.4) is 0 Å². The van der Waals surface area contributed by atoms with Gasteiger partial charge < -0.3 is 10.0 Å². The van der Waals surface area contributed by atoms with E-state index < -0.39 is 29.8 Å². The van der Waals surface area contributed by atoms with Gasteiger partial charge in [-0.25, -0.2) is 28.2 Å². The van der Waals surface area contributed by atoms with Crippen LogP contribution in [0.1, 0.15) is 64.3 Å². The number of fused-ring (bicyclic) bond motifs is 2. The van der Waals surface area contributed by atoms with Crippen molar-refractivity contribution >= 4 is 17.5 Å². The van der Waals surface area contributed by atoms with E-state index in [1.807, 2.05) is 26.0 Å². The van der Waals surface area contributed by atoms with Crippen molar-refractivity contribution in [2.75, 3.05) is 6.54 Å². The number of carboxylic acid groups (broad SMARTS) is 1. The van der Waals surface area contributed by atoms with Crippen molar-refractivity contribution in [1.29, 1.82) is 0 Å². The Balaban J connectivity index is 1.31. The molecule has 1 N–H and O–H groups in total. The zero-order chi connectivity index (χ0) is 30.0. The standard InChI is InChI=1S/C32H26F2N6O3/c1-16-9-27(36-15-35-16)29-12-28(31(41)39-14-25(34)20-6-4-3-5-19(20)17(39)2)37-30-13-26(38-40(29)30)21-8-7-18(10-24(21)33)22-11-23(22)32(42)43/h3-10,12-13,15,17,22-23,25H,11,14H2,1-2H3,(H,42,43)/t17-,22-,23+,25-/m1/s1. The lowest BCUT2D eigenvalue weighted by Gasteiger charge is -2.36. The maximum atomic E-state index is 15.4. The Hall–Kier alpha value is -5.06. The van der Waals surface area contributed by atoms with Crippen molar-refractivity contribution in [3.05, 3.63) is 101 Å². The van der Waals surface area contributed by atoms with Crippen LogP contribution in [-0.4, -0.2) is 53.0 Å². The topological polar surface area (TPSA) is 114 Å². The number of nitrogens with zero attached hydrogens (tertiary/aromatic N) is 6. The van der Waals surface area contributed by atoms with Crippen molar-refractivity contribution in [3.63, 3.8) is 0 Å². The number of aryl methyl sites for hydroxylation is 1. The molecule has 1 aliphatic heterocycles. The Kier molecular flexibility index (Phi) is 6.26. The molecule has 7 rings (SSSR count). The van der Waals surface area contributed by atoms with E-state index in [0.717, 1.165) is 5.56 Å². The van der Waals surface area contributed by atoms with Crippen LogP contribution in [-0.2, 0) is 4.79 Å². The first-order valence-electron chi connectivity index (χ1n) is 14.0. The van der Waals surface area contributed by atoms with Crippen LogP contribution in [0.2, 0.25) is 0 Å². The summed E-state index contributed by atoms with van der Waals surface area (Å²) in [5.74, 6) is -2.58. The molecule has 1 saturated carbocycles. The quantitative estimate of drug-likeness (QED) is 0.283. The van der Waals surface area contributed by atoms with E-state index in [1.54, 1.807) is 42.5 Å². The molecule has 43 heavy (non-hydrogen) atoms. The van der Waals surface area contributed by atoms with Crippen molar-refractivity contribution in [3.8, 4) is 22.6 Å². The largest absolute Gasteiger partial charge is 0.481 e. The highest BCUT2D eigenvalue weighted by molar-refractivity contribution is 5.94. The maximum Gasteiger partial charge on any atom is 0.307 e. The normalized spacial score (nSPS) is 21.1. The highest BCUT2D eigenvalue weighted by atomic mass is 19.1. The minimum atomic E-state index is -1.34. The highest BCUT2D eigenvalue weighted by Gasteiger charge is 2.44. The van der Waals surface area contributed by atoms with E-state index >= 15 is 8.78 Å². The molecule has 2 aromatic carbocycles. The average molecular weight is 581 g/mol. The smallest absolute Gasteiger partial charge is 0.307 e. The average Bonchev–Trinajstić information content (AvgIpc) is 3.70. The van der Waals surface area contributed by atoms with Gasteiger partial charge in [0.2, 0.25) is 0 Å². The van der Waals surface area contributed by atoms with E-state index in [0.29, 0.717) is 34.6 Å². The molecule has 0 saturated heterocycles. The first kappa shape index (κ1) is 26.8. The summed E-state index contributed by atoms with van der Waals surface area (Å²) in [6.07, 6.45) is 0.550. The zero-order valence-corrected chi connectivity index (χ0v) is 23.3. The Bertz CT molecular complexity index is 1940. The number of rotatable bonds is 5. The van der Waals surface area contributed by atoms with Crippen molar-refractivity contribution < 1.29 is 23.5 Å². The van der Waals surface area contributed by atoms with Crippen LogP contribution in [0.15, 0.2) is 67.0 Å². The predicted octanol–water partition coefficient (Wildman–Crippen LogP) is 5.72. The fourth-order valence-electron chi connectivity index (χ4n) is 5.98. The number of carbonyl (C=O) groups is 2.